The van der Waals surface area contributed by atoms with E-state index in [1.54, 1.807) is 0 Å². The second-order valence-electron chi connectivity index (χ2n) is 4.98. The van der Waals surface area contributed by atoms with Crippen LogP contribution in [0, 0.1) is 0 Å². The molecule has 0 aliphatic carbocycles. The fourth-order valence-electron chi connectivity index (χ4n) is 2.79. The summed E-state index contributed by atoms with van der Waals surface area (Å²) in [6.07, 6.45) is 0. The Bertz CT molecular complexity index is 618. The Morgan fingerprint density at radius 2 is 1.71 bits per heavy atom. The van der Waals surface area contributed by atoms with Crippen molar-refractivity contribution in [2.45, 2.75) is 13.1 Å². The Morgan fingerprint density at radius 1 is 0.941 bits per heavy atom. The molecule has 0 saturated heterocycles. The normalized spacial score (nSPS) is 15.5. The van der Waals surface area contributed by atoms with Crippen LogP contribution in [0.3, 0.4) is 0 Å². The molecule has 0 unspecified atom stereocenters. The van der Waals surface area contributed by atoms with Crippen molar-refractivity contribution >= 4 is 41.6 Å². The molecule has 0 amide bonds. The molecule has 1 heterocycles. The summed E-state index contributed by atoms with van der Waals surface area (Å²) in [5.41, 5.74) is 2.60. The van der Waals surface area contributed by atoms with Crippen LogP contribution < -0.4 is 10.4 Å². The van der Waals surface area contributed by atoms with Crippen LogP contribution in [0.2, 0.25) is 23.1 Å². The number of benzene rings is 2. The number of fused-ring (bicyclic) bond motifs is 3. The molecular formula is C14H12Cl2Si. The van der Waals surface area contributed by atoms with Gasteiger partial charge in [0.05, 0.1) is 0 Å². The highest BCUT2D eigenvalue weighted by molar-refractivity contribution is 7.04. The predicted molar refractivity (Wildman–Crippen MR) is 78.6 cm³/mol. The third-order valence-electron chi connectivity index (χ3n) is 3.58. The van der Waals surface area contributed by atoms with Gasteiger partial charge >= 0.3 is 0 Å². The monoisotopic (exact) mass is 278 g/mol. The van der Waals surface area contributed by atoms with E-state index in [-0.39, 0.29) is 0 Å². The maximum Gasteiger partial charge on any atom is 0.115 e. The quantitative estimate of drug-likeness (QED) is 0.643. The lowest BCUT2D eigenvalue weighted by atomic mass is 10.1. The molecule has 86 valence electrons. The van der Waals surface area contributed by atoms with Crippen LogP contribution in [-0.2, 0) is 0 Å². The molecule has 0 radical (unpaired) electrons. The number of rotatable bonds is 0. The minimum absolute atomic E-state index is 0.813. The topological polar surface area (TPSA) is 0 Å². The van der Waals surface area contributed by atoms with E-state index >= 15 is 0 Å². The first-order chi connectivity index (χ1) is 8.01. The summed E-state index contributed by atoms with van der Waals surface area (Å²) in [7, 11) is -1.67. The zero-order valence-electron chi connectivity index (χ0n) is 9.72. The van der Waals surface area contributed by atoms with Gasteiger partial charge in [0, 0.05) is 10.0 Å². The van der Waals surface area contributed by atoms with Gasteiger partial charge in [-0.05, 0) is 39.7 Å². The summed E-state index contributed by atoms with van der Waals surface area (Å²) >= 11 is 12.5. The van der Waals surface area contributed by atoms with Gasteiger partial charge in [0.25, 0.3) is 0 Å². The van der Waals surface area contributed by atoms with Crippen LogP contribution in [0.4, 0.5) is 0 Å². The standard InChI is InChI=1S/C14H12Cl2Si/c1-17(2)13-8-9(15)6-7-10(13)11-4-3-5-12(16)14(11)17/h3-8H,1-2H3. The lowest BCUT2D eigenvalue weighted by molar-refractivity contribution is 1.70. The van der Waals surface area contributed by atoms with E-state index in [1.807, 2.05) is 18.2 Å². The molecule has 0 spiro atoms. The van der Waals surface area contributed by atoms with Gasteiger partial charge in [0.2, 0.25) is 0 Å². The maximum atomic E-state index is 6.39. The zero-order chi connectivity index (χ0) is 12.2. The van der Waals surface area contributed by atoms with Crippen molar-refractivity contribution in [2.24, 2.45) is 0 Å². The molecule has 0 nitrogen and oxygen atoms in total. The van der Waals surface area contributed by atoms with E-state index in [4.69, 9.17) is 23.2 Å². The smallest absolute Gasteiger partial charge is 0.0844 e. The van der Waals surface area contributed by atoms with Crippen LogP contribution in [0.25, 0.3) is 11.1 Å². The summed E-state index contributed by atoms with van der Waals surface area (Å²) in [5, 5.41) is 4.45. The number of hydrogen-bond acceptors (Lipinski definition) is 0. The summed E-state index contributed by atoms with van der Waals surface area (Å²) in [4.78, 5) is 0. The molecule has 0 saturated carbocycles. The third kappa shape index (κ3) is 1.50. The van der Waals surface area contributed by atoms with Crippen LogP contribution >= 0.6 is 23.2 Å². The van der Waals surface area contributed by atoms with E-state index in [2.05, 4.69) is 31.3 Å². The van der Waals surface area contributed by atoms with E-state index in [0.29, 0.717) is 0 Å². The highest BCUT2D eigenvalue weighted by Gasteiger charge is 2.38. The van der Waals surface area contributed by atoms with Crippen LogP contribution in [0.5, 0.6) is 0 Å². The molecular weight excluding hydrogens is 267 g/mol. The molecule has 0 aromatic heterocycles. The van der Waals surface area contributed by atoms with Crippen molar-refractivity contribution in [3.63, 3.8) is 0 Å². The molecule has 17 heavy (non-hydrogen) atoms. The average molecular weight is 279 g/mol. The molecule has 0 N–H and O–H groups in total. The van der Waals surface area contributed by atoms with E-state index < -0.39 is 8.07 Å². The maximum absolute atomic E-state index is 6.39. The van der Waals surface area contributed by atoms with Gasteiger partial charge in [-0.25, -0.2) is 0 Å². The lowest BCUT2D eigenvalue weighted by Gasteiger charge is -2.19. The van der Waals surface area contributed by atoms with Crippen LogP contribution in [0.15, 0.2) is 36.4 Å². The minimum atomic E-state index is -1.67. The van der Waals surface area contributed by atoms with Crippen molar-refractivity contribution in [2.75, 3.05) is 0 Å². The van der Waals surface area contributed by atoms with Crippen molar-refractivity contribution in [3.05, 3.63) is 46.4 Å². The first-order valence-electron chi connectivity index (χ1n) is 5.61. The second kappa shape index (κ2) is 3.61. The molecule has 3 heteroatoms. The molecule has 1 aliphatic heterocycles. The zero-order valence-corrected chi connectivity index (χ0v) is 12.2. The molecule has 2 aromatic carbocycles. The molecule has 3 rings (SSSR count). The van der Waals surface area contributed by atoms with Gasteiger partial charge in [-0.1, -0.05) is 54.5 Å². The van der Waals surface area contributed by atoms with E-state index in [0.717, 1.165) is 10.0 Å². The van der Waals surface area contributed by atoms with Gasteiger partial charge in [-0.15, -0.1) is 0 Å². The summed E-state index contributed by atoms with van der Waals surface area (Å²) in [6, 6.07) is 12.4. The lowest BCUT2D eigenvalue weighted by Crippen LogP contribution is -2.49. The Balaban J connectivity index is 2.42. The van der Waals surface area contributed by atoms with Crippen molar-refractivity contribution in [3.8, 4) is 11.1 Å². The SMILES string of the molecule is C[Si]1(C)c2cc(Cl)ccc2-c2cccc(Cl)c21. The van der Waals surface area contributed by atoms with E-state index in [9.17, 15) is 0 Å². The second-order valence-corrected chi connectivity index (χ2v) is 10.1. The Morgan fingerprint density at radius 3 is 2.47 bits per heavy atom. The Labute approximate surface area is 112 Å². The molecule has 0 fully saturated rings. The van der Waals surface area contributed by atoms with Crippen molar-refractivity contribution in [1.82, 2.24) is 0 Å². The van der Waals surface area contributed by atoms with Crippen LogP contribution in [-0.4, -0.2) is 8.07 Å². The first-order valence-corrected chi connectivity index (χ1v) is 9.37. The molecule has 0 bridgehead atoms. The fraction of sp³-hybridized carbons (Fsp3) is 0.143. The Kier molecular flexibility index (Phi) is 2.41. The number of halogens is 2. The highest BCUT2D eigenvalue weighted by Crippen LogP contribution is 2.32. The third-order valence-corrected chi connectivity index (χ3v) is 7.84. The van der Waals surface area contributed by atoms with E-state index in [1.165, 1.54) is 21.5 Å². The predicted octanol–water partition coefficient (Wildman–Crippen LogP) is 3.80. The first kappa shape index (κ1) is 11.3. The van der Waals surface area contributed by atoms with Crippen LogP contribution in [0.1, 0.15) is 0 Å². The van der Waals surface area contributed by atoms with Crippen molar-refractivity contribution in [1.29, 1.82) is 0 Å². The molecule has 1 aliphatic rings. The van der Waals surface area contributed by atoms with Gasteiger partial charge in [0.15, 0.2) is 0 Å². The summed E-state index contributed by atoms with van der Waals surface area (Å²) in [5.74, 6) is 0. The number of hydrogen-bond donors (Lipinski definition) is 0. The highest BCUT2D eigenvalue weighted by atomic mass is 35.5. The minimum Gasteiger partial charge on any atom is -0.0844 e. The summed E-state index contributed by atoms with van der Waals surface area (Å²) < 4.78 is 0. The Hall–Kier alpha value is -0.763. The molecule has 0 atom stereocenters. The average Bonchev–Trinajstić information content (AvgIpc) is 2.49. The van der Waals surface area contributed by atoms with Gasteiger partial charge in [-0.2, -0.15) is 0 Å². The van der Waals surface area contributed by atoms with Crippen molar-refractivity contribution < 1.29 is 0 Å². The molecule has 2 aromatic rings. The largest absolute Gasteiger partial charge is 0.115 e. The van der Waals surface area contributed by atoms with Gasteiger partial charge < -0.3 is 0 Å². The fourth-order valence-corrected chi connectivity index (χ4v) is 7.18. The van der Waals surface area contributed by atoms with Gasteiger partial charge in [0.1, 0.15) is 8.07 Å². The summed E-state index contributed by atoms with van der Waals surface area (Å²) in [6.45, 7) is 4.67. The van der Waals surface area contributed by atoms with Gasteiger partial charge in [-0.3, -0.25) is 0 Å².